The van der Waals surface area contributed by atoms with Crippen LogP contribution in [0.15, 0.2) is 0 Å². The number of halogens is 2. The van der Waals surface area contributed by atoms with Gasteiger partial charge in [0.25, 0.3) is 5.92 Å². The van der Waals surface area contributed by atoms with Crippen molar-refractivity contribution < 1.29 is 63.2 Å². The zero-order valence-corrected chi connectivity index (χ0v) is 26.5. The van der Waals surface area contributed by atoms with E-state index in [0.29, 0.717) is 36.8 Å². The Morgan fingerprint density at radius 2 is 1.82 bits per heavy atom. The largest absolute Gasteiger partial charge is 1.00 e. The predicted octanol–water partition coefficient (Wildman–Crippen LogP) is -0.201. The van der Waals surface area contributed by atoms with Gasteiger partial charge in [-0.3, -0.25) is 10.2 Å². The molecule has 7 nitrogen and oxygen atoms in total. The third-order valence-corrected chi connectivity index (χ3v) is 12.7. The zero-order chi connectivity index (χ0) is 27.6. The van der Waals surface area contributed by atoms with E-state index in [0.717, 1.165) is 25.7 Å². The minimum absolute atomic E-state index is 0. The van der Waals surface area contributed by atoms with Gasteiger partial charge in [-0.25, -0.2) is 13.8 Å². The van der Waals surface area contributed by atoms with E-state index in [-0.39, 0.29) is 83.3 Å². The van der Waals surface area contributed by atoms with Crippen molar-refractivity contribution in [2.24, 2.45) is 46.3 Å². The minimum Gasteiger partial charge on any atom is -0.548 e. The number of carboxylic acids is 1. The number of carbonyl (C=O) groups is 2. The van der Waals surface area contributed by atoms with Crippen LogP contribution in [-0.4, -0.2) is 62.9 Å². The fraction of sp³-hybridized carbons (Fsp3) is 0.929. The second-order valence-electron chi connectivity index (χ2n) is 13.6. The summed E-state index contributed by atoms with van der Waals surface area (Å²) in [5, 5.41) is 34.2. The summed E-state index contributed by atoms with van der Waals surface area (Å²) in [4.78, 5) is 23.9. The SMILES string of the molecule is C[C@H](CCC(=O)NN1CSCC1C(=O)[O-])[C@H]1CC[C@H]2[C@@H]3[C@@H](O)C[C@@H]4C[C@@H](O)C(F)(F)C[C@]4(C)[C@H]3CC[C@]12C.[Na+]. The number of rotatable bonds is 6. The third-order valence-electron chi connectivity index (χ3n) is 11.7. The van der Waals surface area contributed by atoms with Crippen LogP contribution in [0.4, 0.5) is 8.78 Å². The van der Waals surface area contributed by atoms with Crippen molar-refractivity contribution in [3.63, 3.8) is 0 Å². The molecule has 0 aromatic rings. The molecule has 1 amide bonds. The molecule has 5 rings (SSSR count). The Balaban J connectivity index is 0.00000353. The molecule has 1 saturated heterocycles. The van der Waals surface area contributed by atoms with Crippen LogP contribution < -0.4 is 40.1 Å². The van der Waals surface area contributed by atoms with Crippen molar-refractivity contribution in [3.8, 4) is 0 Å². The molecule has 0 spiro atoms. The van der Waals surface area contributed by atoms with Gasteiger partial charge in [0.05, 0.1) is 24.0 Å². The maximum atomic E-state index is 14.7. The average molecular weight is 581 g/mol. The molecule has 0 aromatic heterocycles. The van der Waals surface area contributed by atoms with Crippen molar-refractivity contribution in [1.82, 2.24) is 10.4 Å². The molecule has 4 saturated carbocycles. The summed E-state index contributed by atoms with van der Waals surface area (Å²) in [5.41, 5.74) is 2.16. The summed E-state index contributed by atoms with van der Waals surface area (Å²) in [5.74, 6) is -2.76. The van der Waals surface area contributed by atoms with E-state index < -0.39 is 35.6 Å². The number of aliphatic hydroxyl groups excluding tert-OH is 2. The fourth-order valence-corrected chi connectivity index (χ4v) is 10.8. The molecule has 5 fully saturated rings. The first-order valence-corrected chi connectivity index (χ1v) is 15.5. The van der Waals surface area contributed by atoms with E-state index in [1.807, 2.05) is 6.92 Å². The number of aliphatic carboxylic acids is 1. The quantitative estimate of drug-likeness (QED) is 0.373. The van der Waals surface area contributed by atoms with Gasteiger partial charge in [-0.05, 0) is 91.3 Å². The Bertz CT molecular complexity index is 948. The van der Waals surface area contributed by atoms with E-state index >= 15 is 0 Å². The number of nitrogens with zero attached hydrogens (tertiary/aromatic N) is 1. The van der Waals surface area contributed by atoms with E-state index in [9.17, 15) is 33.7 Å². The van der Waals surface area contributed by atoms with Crippen LogP contribution in [0.2, 0.25) is 0 Å². The van der Waals surface area contributed by atoms with Gasteiger partial charge in [-0.15, -0.1) is 11.8 Å². The second-order valence-corrected chi connectivity index (χ2v) is 14.6. The van der Waals surface area contributed by atoms with Gasteiger partial charge in [-0.1, -0.05) is 20.8 Å². The molecule has 1 unspecified atom stereocenters. The maximum Gasteiger partial charge on any atom is 1.00 e. The number of fused-ring (bicyclic) bond motifs is 5. The van der Waals surface area contributed by atoms with Crippen LogP contribution in [0.5, 0.6) is 0 Å². The Kier molecular flexibility index (Phi) is 9.51. The summed E-state index contributed by atoms with van der Waals surface area (Å²) in [6.07, 6.45) is 2.81. The van der Waals surface area contributed by atoms with Crippen LogP contribution in [-0.2, 0) is 9.59 Å². The molecular formula is C28H43F2N2NaO5S. The number of amides is 1. The van der Waals surface area contributed by atoms with Crippen molar-refractivity contribution in [3.05, 3.63) is 0 Å². The number of alkyl halides is 2. The number of carboxylic acid groups (broad SMARTS) is 1. The third kappa shape index (κ3) is 5.58. The molecule has 11 heteroatoms. The van der Waals surface area contributed by atoms with Crippen molar-refractivity contribution in [2.45, 2.75) is 103 Å². The minimum atomic E-state index is -3.08. The van der Waals surface area contributed by atoms with Gasteiger partial charge in [0, 0.05) is 18.6 Å². The van der Waals surface area contributed by atoms with Crippen LogP contribution in [0.25, 0.3) is 0 Å². The van der Waals surface area contributed by atoms with Crippen molar-refractivity contribution >= 4 is 23.6 Å². The Morgan fingerprint density at radius 1 is 1.13 bits per heavy atom. The Labute approximate surface area is 256 Å². The number of aliphatic hydroxyl groups is 2. The average Bonchev–Trinajstić information content (AvgIpc) is 3.43. The predicted molar refractivity (Wildman–Crippen MR) is 137 cm³/mol. The molecule has 0 aromatic carbocycles. The summed E-state index contributed by atoms with van der Waals surface area (Å²) >= 11 is 1.45. The molecule has 5 aliphatic rings. The summed E-state index contributed by atoms with van der Waals surface area (Å²) in [7, 11) is 0. The molecular weight excluding hydrogens is 537 g/mol. The summed E-state index contributed by atoms with van der Waals surface area (Å²) in [6, 6.07) is -0.804. The molecule has 3 N–H and O–H groups in total. The van der Waals surface area contributed by atoms with Gasteiger partial charge < -0.3 is 20.1 Å². The Morgan fingerprint density at radius 3 is 2.51 bits per heavy atom. The van der Waals surface area contributed by atoms with Crippen LogP contribution in [0.3, 0.4) is 0 Å². The van der Waals surface area contributed by atoms with Gasteiger partial charge in [-0.2, -0.15) is 0 Å². The molecule has 0 radical (unpaired) electrons. The number of hydrogen-bond acceptors (Lipinski definition) is 7. The maximum absolute atomic E-state index is 14.7. The zero-order valence-electron chi connectivity index (χ0n) is 23.7. The fourth-order valence-electron chi connectivity index (χ4n) is 9.73. The van der Waals surface area contributed by atoms with Gasteiger partial charge in [0.2, 0.25) is 5.91 Å². The normalized spacial score (nSPS) is 45.8. The summed E-state index contributed by atoms with van der Waals surface area (Å²) in [6.45, 7) is 6.49. The number of hydrogen-bond donors (Lipinski definition) is 3. The van der Waals surface area contributed by atoms with Crippen LogP contribution in [0.1, 0.15) is 78.6 Å². The topological polar surface area (TPSA) is 113 Å². The monoisotopic (exact) mass is 580 g/mol. The van der Waals surface area contributed by atoms with Crippen LogP contribution >= 0.6 is 11.8 Å². The molecule has 39 heavy (non-hydrogen) atoms. The number of thioether (sulfide) groups is 1. The van der Waals surface area contributed by atoms with Gasteiger partial charge >= 0.3 is 29.6 Å². The number of hydrazine groups is 1. The van der Waals surface area contributed by atoms with Crippen molar-refractivity contribution in [2.75, 3.05) is 11.6 Å². The van der Waals surface area contributed by atoms with Gasteiger partial charge in [0.1, 0.15) is 6.10 Å². The first-order valence-electron chi connectivity index (χ1n) is 14.4. The standard InChI is InChI=1S/C28H44F2N2O5S.Na/c1-15(4-7-23(35)31-32-14-38-12-20(32)25(36)37)17-5-6-18-24-19(8-9-26(17,18)2)27(3)13-28(29,30)22(34)11-16(27)10-21(24)33;/h15-22,24,33-34H,4-14H2,1-3H3,(H,31,35)(H,36,37);/q;+1/p-1/t15-,16-,17-,18+,19+,20?,21+,22-,24+,26-,27+;/m1./s1. The first-order chi connectivity index (χ1) is 17.8. The van der Waals surface area contributed by atoms with Crippen molar-refractivity contribution in [1.29, 1.82) is 0 Å². The van der Waals surface area contributed by atoms with Gasteiger partial charge in [0.15, 0.2) is 0 Å². The van der Waals surface area contributed by atoms with E-state index in [2.05, 4.69) is 19.3 Å². The molecule has 1 heterocycles. The number of nitrogens with one attached hydrogen (secondary N) is 1. The van der Waals surface area contributed by atoms with E-state index in [1.165, 1.54) is 16.8 Å². The molecule has 1 aliphatic heterocycles. The molecule has 11 atom stereocenters. The second kappa shape index (κ2) is 11.6. The molecule has 0 bridgehead atoms. The molecule has 4 aliphatic carbocycles. The number of carbonyl (C=O) groups excluding carboxylic acids is 2. The molecule has 216 valence electrons. The van der Waals surface area contributed by atoms with E-state index in [4.69, 9.17) is 0 Å². The van der Waals surface area contributed by atoms with E-state index in [1.54, 1.807) is 0 Å². The Hall–Kier alpha value is 0.0300. The first kappa shape index (κ1) is 32.0. The van der Waals surface area contributed by atoms with Crippen LogP contribution in [0, 0.1) is 46.3 Å². The smallest absolute Gasteiger partial charge is 0.548 e. The summed E-state index contributed by atoms with van der Waals surface area (Å²) < 4.78 is 29.5.